The summed E-state index contributed by atoms with van der Waals surface area (Å²) in [5.74, 6) is 0.917. The van der Waals surface area contributed by atoms with Crippen LogP contribution in [0.25, 0.3) is 11.0 Å². The maximum Gasteiger partial charge on any atom is 0.213 e. The summed E-state index contributed by atoms with van der Waals surface area (Å²) in [4.78, 5) is 4.58. The summed E-state index contributed by atoms with van der Waals surface area (Å²) in [6, 6.07) is 7.96. The minimum atomic E-state index is -3.21. The SMILES string of the molecule is CCn1c(CCNS(=O)(=O)C(C)C)nc2ccccc21. The Kier molecular flexibility index (Phi) is 4.45. The third-order valence-corrected chi connectivity index (χ3v) is 5.17. The predicted molar refractivity (Wildman–Crippen MR) is 81.2 cm³/mol. The van der Waals surface area contributed by atoms with Crippen LogP contribution in [0.3, 0.4) is 0 Å². The molecule has 0 atom stereocenters. The van der Waals surface area contributed by atoms with Gasteiger partial charge in [0.1, 0.15) is 5.82 Å². The van der Waals surface area contributed by atoms with Gasteiger partial charge < -0.3 is 4.57 Å². The molecule has 0 saturated heterocycles. The Hall–Kier alpha value is -1.40. The first-order valence-electron chi connectivity index (χ1n) is 6.88. The molecule has 0 aliphatic heterocycles. The van der Waals surface area contributed by atoms with Crippen molar-refractivity contribution < 1.29 is 8.42 Å². The Morgan fingerprint density at radius 3 is 2.65 bits per heavy atom. The van der Waals surface area contributed by atoms with Crippen molar-refractivity contribution in [1.82, 2.24) is 14.3 Å². The third kappa shape index (κ3) is 3.02. The van der Waals surface area contributed by atoms with E-state index in [0.717, 1.165) is 23.4 Å². The van der Waals surface area contributed by atoms with Gasteiger partial charge in [-0.3, -0.25) is 0 Å². The van der Waals surface area contributed by atoms with E-state index in [1.165, 1.54) is 0 Å². The highest BCUT2D eigenvalue weighted by Crippen LogP contribution is 2.16. The molecule has 0 unspecified atom stereocenters. The van der Waals surface area contributed by atoms with Crippen molar-refractivity contribution in [2.45, 2.75) is 39.0 Å². The lowest BCUT2D eigenvalue weighted by Gasteiger charge is -2.10. The number of fused-ring (bicyclic) bond motifs is 1. The molecule has 0 fully saturated rings. The van der Waals surface area contributed by atoms with Gasteiger partial charge in [-0.05, 0) is 32.9 Å². The molecular weight excluding hydrogens is 274 g/mol. The normalized spacial score (nSPS) is 12.4. The van der Waals surface area contributed by atoms with Crippen LogP contribution in [-0.4, -0.2) is 29.8 Å². The molecule has 0 saturated carbocycles. The molecule has 0 amide bonds. The van der Waals surface area contributed by atoms with Gasteiger partial charge in [0.2, 0.25) is 10.0 Å². The number of hydrogen-bond acceptors (Lipinski definition) is 3. The molecule has 2 aromatic rings. The number of aryl methyl sites for hydroxylation is 1. The number of nitrogens with zero attached hydrogens (tertiary/aromatic N) is 2. The van der Waals surface area contributed by atoms with Crippen LogP contribution in [0.1, 0.15) is 26.6 Å². The number of hydrogen-bond donors (Lipinski definition) is 1. The number of imidazole rings is 1. The Morgan fingerprint density at radius 2 is 2.00 bits per heavy atom. The fraction of sp³-hybridized carbons (Fsp3) is 0.500. The minimum Gasteiger partial charge on any atom is -0.328 e. The monoisotopic (exact) mass is 295 g/mol. The minimum absolute atomic E-state index is 0.379. The van der Waals surface area contributed by atoms with Crippen molar-refractivity contribution in [1.29, 1.82) is 0 Å². The predicted octanol–water partition coefficient (Wildman–Crippen LogP) is 1.93. The molecule has 0 radical (unpaired) electrons. The van der Waals surface area contributed by atoms with Crippen LogP contribution in [-0.2, 0) is 23.0 Å². The highest BCUT2D eigenvalue weighted by molar-refractivity contribution is 7.90. The maximum atomic E-state index is 11.7. The summed E-state index contributed by atoms with van der Waals surface area (Å²) in [5, 5.41) is -0.410. The standard InChI is InChI=1S/C14H21N3O2S/c1-4-17-13-8-6-5-7-12(13)16-14(17)9-10-15-20(18,19)11(2)3/h5-8,11,15H,4,9-10H2,1-3H3. The number of para-hydroxylation sites is 2. The van der Waals surface area contributed by atoms with E-state index >= 15 is 0 Å². The average Bonchev–Trinajstić information content (AvgIpc) is 2.75. The Morgan fingerprint density at radius 1 is 1.30 bits per heavy atom. The lowest BCUT2D eigenvalue weighted by molar-refractivity contribution is 0.570. The Labute approximate surface area is 120 Å². The van der Waals surface area contributed by atoms with Gasteiger partial charge in [0.05, 0.1) is 16.3 Å². The zero-order chi connectivity index (χ0) is 14.8. The molecule has 1 aromatic carbocycles. The molecule has 1 N–H and O–H groups in total. The largest absolute Gasteiger partial charge is 0.328 e. The second kappa shape index (κ2) is 5.93. The van der Waals surface area contributed by atoms with Crippen LogP contribution < -0.4 is 4.72 Å². The highest BCUT2D eigenvalue weighted by Gasteiger charge is 2.15. The highest BCUT2D eigenvalue weighted by atomic mass is 32.2. The fourth-order valence-corrected chi connectivity index (χ4v) is 2.86. The molecule has 1 aromatic heterocycles. The van der Waals surface area contributed by atoms with Crippen molar-refractivity contribution >= 4 is 21.1 Å². The first kappa shape index (κ1) is 15.0. The molecule has 20 heavy (non-hydrogen) atoms. The van der Waals surface area contributed by atoms with E-state index in [-0.39, 0.29) is 0 Å². The molecule has 110 valence electrons. The molecule has 0 aliphatic rings. The average molecular weight is 295 g/mol. The van der Waals surface area contributed by atoms with E-state index in [0.29, 0.717) is 13.0 Å². The smallest absolute Gasteiger partial charge is 0.213 e. The van der Waals surface area contributed by atoms with Crippen molar-refractivity contribution in [3.05, 3.63) is 30.1 Å². The van der Waals surface area contributed by atoms with Crippen LogP contribution in [0.15, 0.2) is 24.3 Å². The van der Waals surface area contributed by atoms with E-state index in [4.69, 9.17) is 0 Å². The number of rotatable bonds is 6. The number of aromatic nitrogens is 2. The zero-order valence-electron chi connectivity index (χ0n) is 12.1. The molecular formula is C14H21N3O2S. The van der Waals surface area contributed by atoms with Crippen LogP contribution >= 0.6 is 0 Å². The van der Waals surface area contributed by atoms with Crippen molar-refractivity contribution in [2.75, 3.05) is 6.54 Å². The lowest BCUT2D eigenvalue weighted by Crippen LogP contribution is -2.32. The van der Waals surface area contributed by atoms with Gasteiger partial charge in [0.25, 0.3) is 0 Å². The number of nitrogens with one attached hydrogen (secondary N) is 1. The summed E-state index contributed by atoms with van der Waals surface area (Å²) in [5.41, 5.74) is 2.05. The van der Waals surface area contributed by atoms with Gasteiger partial charge >= 0.3 is 0 Å². The van der Waals surface area contributed by atoms with Crippen LogP contribution in [0.5, 0.6) is 0 Å². The van der Waals surface area contributed by atoms with Gasteiger partial charge in [-0.25, -0.2) is 18.1 Å². The van der Waals surface area contributed by atoms with E-state index in [2.05, 4.69) is 21.2 Å². The molecule has 2 rings (SSSR count). The fourth-order valence-electron chi connectivity index (χ4n) is 2.14. The first-order valence-corrected chi connectivity index (χ1v) is 8.43. The van der Waals surface area contributed by atoms with E-state index in [1.54, 1.807) is 13.8 Å². The lowest BCUT2D eigenvalue weighted by atomic mass is 10.3. The Balaban J connectivity index is 2.14. The molecule has 0 bridgehead atoms. The number of benzene rings is 1. The van der Waals surface area contributed by atoms with Gasteiger partial charge in [-0.15, -0.1) is 0 Å². The van der Waals surface area contributed by atoms with Crippen molar-refractivity contribution in [3.8, 4) is 0 Å². The van der Waals surface area contributed by atoms with Crippen LogP contribution in [0.2, 0.25) is 0 Å². The van der Waals surface area contributed by atoms with E-state index in [1.807, 2.05) is 24.3 Å². The van der Waals surface area contributed by atoms with Crippen molar-refractivity contribution in [2.24, 2.45) is 0 Å². The zero-order valence-corrected chi connectivity index (χ0v) is 12.9. The summed E-state index contributed by atoms with van der Waals surface area (Å²) < 4.78 is 28.2. The summed E-state index contributed by atoms with van der Waals surface area (Å²) in [6.07, 6.45) is 0.592. The Bertz CT molecular complexity index is 690. The molecule has 6 heteroatoms. The van der Waals surface area contributed by atoms with Crippen molar-refractivity contribution in [3.63, 3.8) is 0 Å². The second-order valence-corrected chi connectivity index (χ2v) is 7.32. The number of sulfonamides is 1. The molecule has 1 heterocycles. The third-order valence-electron chi connectivity index (χ3n) is 3.32. The van der Waals surface area contributed by atoms with Gasteiger partial charge in [0, 0.05) is 19.5 Å². The topological polar surface area (TPSA) is 64.0 Å². The van der Waals surface area contributed by atoms with Gasteiger partial charge in [-0.1, -0.05) is 12.1 Å². The summed E-state index contributed by atoms with van der Waals surface area (Å²) in [7, 11) is -3.21. The maximum absolute atomic E-state index is 11.7. The summed E-state index contributed by atoms with van der Waals surface area (Å²) >= 11 is 0. The molecule has 0 spiro atoms. The second-order valence-electron chi connectivity index (χ2n) is 5.00. The van der Waals surface area contributed by atoms with Gasteiger partial charge in [-0.2, -0.15) is 0 Å². The molecule has 5 nitrogen and oxygen atoms in total. The van der Waals surface area contributed by atoms with E-state index < -0.39 is 15.3 Å². The van der Waals surface area contributed by atoms with E-state index in [9.17, 15) is 8.42 Å². The van der Waals surface area contributed by atoms with Crippen LogP contribution in [0, 0.1) is 0 Å². The van der Waals surface area contributed by atoms with Gasteiger partial charge in [0.15, 0.2) is 0 Å². The molecule has 0 aliphatic carbocycles. The summed E-state index contributed by atoms with van der Waals surface area (Å²) in [6.45, 7) is 6.61. The quantitative estimate of drug-likeness (QED) is 0.885. The first-order chi connectivity index (χ1) is 9.45. The van der Waals surface area contributed by atoms with Crippen LogP contribution in [0.4, 0.5) is 0 Å².